The number of H-pyrrole nitrogens is 1. The lowest BCUT2D eigenvalue weighted by Crippen LogP contribution is -2.56. The lowest BCUT2D eigenvalue weighted by atomic mass is 10.1. The van der Waals surface area contributed by atoms with Gasteiger partial charge in [0.25, 0.3) is 5.88 Å². The molecule has 33 heavy (non-hydrogen) atoms. The van der Waals surface area contributed by atoms with Gasteiger partial charge in [-0.25, -0.2) is 19.2 Å². The van der Waals surface area contributed by atoms with Gasteiger partial charge in [0.1, 0.15) is 5.65 Å². The number of nitrogens with one attached hydrogen (secondary N) is 1. The Morgan fingerprint density at radius 1 is 1.21 bits per heavy atom. The minimum atomic E-state index is -0.514. The second kappa shape index (κ2) is 8.53. The number of hydrogen-bond donors (Lipinski definition) is 1. The summed E-state index contributed by atoms with van der Waals surface area (Å²) in [4.78, 5) is 28.5. The molecule has 1 amide bonds. The van der Waals surface area contributed by atoms with E-state index in [-0.39, 0.29) is 24.1 Å². The predicted octanol–water partition coefficient (Wildman–Crippen LogP) is 4.22. The lowest BCUT2D eigenvalue weighted by molar-refractivity contribution is 0.0705. The summed E-state index contributed by atoms with van der Waals surface area (Å²) >= 11 is 0. The molecular weight excluding hydrogens is 425 g/mol. The van der Waals surface area contributed by atoms with Crippen LogP contribution in [-0.4, -0.2) is 64.8 Å². The van der Waals surface area contributed by atoms with Gasteiger partial charge < -0.3 is 19.4 Å². The number of aromatic nitrogens is 3. The number of carbonyl (C=O) groups excluding carboxylic acids is 1. The van der Waals surface area contributed by atoms with Gasteiger partial charge in [0.05, 0.1) is 31.5 Å². The van der Waals surface area contributed by atoms with Crippen LogP contribution in [0.1, 0.15) is 26.7 Å². The maximum Gasteiger partial charge on any atom is 0.410 e. The van der Waals surface area contributed by atoms with Crippen LogP contribution in [0.3, 0.4) is 0 Å². The van der Waals surface area contributed by atoms with Crippen LogP contribution in [0.15, 0.2) is 30.6 Å². The Kier molecular flexibility index (Phi) is 5.55. The number of carbonyl (C=O) groups is 1. The van der Waals surface area contributed by atoms with Crippen molar-refractivity contribution in [3.63, 3.8) is 0 Å². The Hall–Kier alpha value is -3.36. The van der Waals surface area contributed by atoms with Crippen molar-refractivity contribution in [3.8, 4) is 17.1 Å². The average Bonchev–Trinajstić information content (AvgIpc) is 3.35. The zero-order chi connectivity index (χ0) is 23.1. The van der Waals surface area contributed by atoms with Gasteiger partial charge in [0.2, 0.25) is 0 Å². The third-order valence-electron chi connectivity index (χ3n) is 6.42. The van der Waals surface area contributed by atoms with Gasteiger partial charge in [-0.2, -0.15) is 0 Å². The summed E-state index contributed by atoms with van der Waals surface area (Å²) < 4.78 is 25.3. The largest absolute Gasteiger partial charge is 0.479 e. The first kappa shape index (κ1) is 21.5. The number of halogens is 1. The number of aromatic amines is 1. The Morgan fingerprint density at radius 3 is 2.64 bits per heavy atom. The first-order valence-electron chi connectivity index (χ1n) is 11.3. The highest BCUT2D eigenvalue weighted by Crippen LogP contribution is 2.37. The van der Waals surface area contributed by atoms with Crippen LogP contribution < -0.4 is 9.64 Å². The molecule has 3 aromatic rings. The third-order valence-corrected chi connectivity index (χ3v) is 6.42. The molecule has 8 nitrogen and oxygen atoms in total. The number of hydrogen-bond acceptors (Lipinski definition) is 6. The molecular formula is C24H28FN5O3. The number of anilines is 1. The van der Waals surface area contributed by atoms with Crippen molar-refractivity contribution < 1.29 is 18.7 Å². The summed E-state index contributed by atoms with van der Waals surface area (Å²) in [6, 6.07) is 5.75. The van der Waals surface area contributed by atoms with Crippen LogP contribution in [-0.2, 0) is 4.74 Å². The smallest absolute Gasteiger partial charge is 0.410 e. The fourth-order valence-electron chi connectivity index (χ4n) is 4.92. The summed E-state index contributed by atoms with van der Waals surface area (Å²) in [5.74, 6) is -0.248. The Labute approximate surface area is 191 Å². The first-order valence-corrected chi connectivity index (χ1v) is 11.3. The average molecular weight is 454 g/mol. The standard InChI is InChI=1S/C24H28FN5O3/c1-14(2)13-33-24(31)30-15-4-5-16(30)12-29(11-15)20-7-9-26-22-18(20)10-19(28-22)17-6-8-27-23(32-3)21(17)25/h6-10,14-16H,4-5,11-13H2,1-3H3,(H,26,28). The van der Waals surface area contributed by atoms with Gasteiger partial charge >= 0.3 is 6.09 Å². The van der Waals surface area contributed by atoms with Crippen molar-refractivity contribution in [2.75, 3.05) is 31.7 Å². The van der Waals surface area contributed by atoms with E-state index in [2.05, 4.69) is 19.9 Å². The highest BCUT2D eigenvalue weighted by molar-refractivity contribution is 5.94. The first-order chi connectivity index (χ1) is 16.0. The van der Waals surface area contributed by atoms with Crippen LogP contribution >= 0.6 is 0 Å². The van der Waals surface area contributed by atoms with E-state index in [1.165, 1.54) is 13.3 Å². The molecule has 2 aliphatic heterocycles. The molecule has 0 aliphatic carbocycles. The number of nitrogens with zero attached hydrogens (tertiary/aromatic N) is 4. The Bertz CT molecular complexity index is 1170. The zero-order valence-electron chi connectivity index (χ0n) is 19.0. The molecule has 5 heterocycles. The van der Waals surface area contributed by atoms with Gasteiger partial charge in [-0.05, 0) is 37.0 Å². The molecule has 1 N–H and O–H groups in total. The molecule has 2 aliphatic rings. The van der Waals surface area contributed by atoms with E-state index in [1.807, 2.05) is 30.9 Å². The van der Waals surface area contributed by atoms with E-state index >= 15 is 0 Å². The second-order valence-corrected chi connectivity index (χ2v) is 9.13. The highest BCUT2D eigenvalue weighted by atomic mass is 19.1. The Balaban J connectivity index is 1.42. The summed E-state index contributed by atoms with van der Waals surface area (Å²) in [7, 11) is 1.40. The summed E-state index contributed by atoms with van der Waals surface area (Å²) in [6.07, 6.45) is 5.00. The summed E-state index contributed by atoms with van der Waals surface area (Å²) in [5.41, 5.74) is 2.70. The molecule has 2 bridgehead atoms. The number of amides is 1. The topological polar surface area (TPSA) is 83.6 Å². The maximum atomic E-state index is 14.8. The monoisotopic (exact) mass is 453 g/mol. The SMILES string of the molecule is COc1nccc(-c2cc3c(N4CC5CCC(C4)N5C(=O)OCC(C)C)ccnc3[nH]2)c1F. The molecule has 5 rings (SSSR count). The third kappa shape index (κ3) is 3.85. The highest BCUT2D eigenvalue weighted by Gasteiger charge is 2.43. The number of rotatable bonds is 5. The van der Waals surface area contributed by atoms with Gasteiger partial charge in [-0.3, -0.25) is 4.90 Å². The Morgan fingerprint density at radius 2 is 1.94 bits per heavy atom. The molecule has 0 radical (unpaired) electrons. The normalized spacial score (nSPS) is 20.0. The number of pyridine rings is 2. The van der Waals surface area contributed by atoms with Gasteiger partial charge in [-0.15, -0.1) is 0 Å². The molecule has 2 unspecified atom stereocenters. The fraction of sp³-hybridized carbons (Fsp3) is 0.458. The molecule has 0 saturated carbocycles. The van der Waals surface area contributed by atoms with E-state index in [0.717, 1.165) is 37.0 Å². The molecule has 2 atom stereocenters. The van der Waals surface area contributed by atoms with Crippen molar-refractivity contribution in [1.82, 2.24) is 19.9 Å². The minimum Gasteiger partial charge on any atom is -0.479 e. The quantitative estimate of drug-likeness (QED) is 0.623. The fourth-order valence-corrected chi connectivity index (χ4v) is 4.92. The number of fused-ring (bicyclic) bond motifs is 3. The molecule has 9 heteroatoms. The van der Waals surface area contributed by atoms with Crippen molar-refractivity contribution in [3.05, 3.63) is 36.4 Å². The summed E-state index contributed by atoms with van der Waals surface area (Å²) in [5, 5.41) is 0.915. The van der Waals surface area contributed by atoms with Gasteiger partial charge in [0, 0.05) is 42.1 Å². The van der Waals surface area contributed by atoms with Crippen LogP contribution in [0.25, 0.3) is 22.3 Å². The van der Waals surface area contributed by atoms with Crippen molar-refractivity contribution >= 4 is 22.8 Å². The minimum absolute atomic E-state index is 0.0450. The van der Waals surface area contributed by atoms with Crippen molar-refractivity contribution in [1.29, 1.82) is 0 Å². The van der Waals surface area contributed by atoms with Gasteiger partial charge in [-0.1, -0.05) is 13.8 Å². The number of piperazine rings is 1. The van der Waals surface area contributed by atoms with Gasteiger partial charge in [0.15, 0.2) is 5.82 Å². The maximum absolute atomic E-state index is 14.8. The van der Waals surface area contributed by atoms with E-state index in [9.17, 15) is 9.18 Å². The molecule has 2 fully saturated rings. The van der Waals surface area contributed by atoms with Crippen molar-refractivity contribution in [2.45, 2.75) is 38.8 Å². The van der Waals surface area contributed by atoms with Crippen LogP contribution in [0, 0.1) is 11.7 Å². The van der Waals surface area contributed by atoms with Crippen LogP contribution in [0.5, 0.6) is 5.88 Å². The van der Waals surface area contributed by atoms with E-state index in [0.29, 0.717) is 29.4 Å². The molecule has 0 aromatic carbocycles. The van der Waals surface area contributed by atoms with Crippen molar-refractivity contribution in [2.24, 2.45) is 5.92 Å². The van der Waals surface area contributed by atoms with Crippen LogP contribution in [0.2, 0.25) is 0 Å². The molecule has 0 spiro atoms. The van der Waals surface area contributed by atoms with E-state index in [1.54, 1.807) is 12.3 Å². The lowest BCUT2D eigenvalue weighted by Gasteiger charge is -2.41. The zero-order valence-corrected chi connectivity index (χ0v) is 19.0. The molecule has 3 aromatic heterocycles. The predicted molar refractivity (Wildman–Crippen MR) is 123 cm³/mol. The number of methoxy groups -OCH3 is 1. The van der Waals surface area contributed by atoms with E-state index < -0.39 is 5.82 Å². The summed E-state index contributed by atoms with van der Waals surface area (Å²) in [6.45, 7) is 5.96. The van der Waals surface area contributed by atoms with Crippen LogP contribution in [0.4, 0.5) is 14.9 Å². The van der Waals surface area contributed by atoms with E-state index in [4.69, 9.17) is 9.47 Å². The molecule has 2 saturated heterocycles. The second-order valence-electron chi connectivity index (χ2n) is 9.13. The number of ether oxygens (including phenoxy) is 2. The molecule has 174 valence electrons.